The third kappa shape index (κ3) is 3.75. The van der Waals surface area contributed by atoms with Gasteiger partial charge in [0, 0.05) is 32.2 Å². The molecule has 1 aromatic rings. The molecule has 0 aromatic heterocycles. The van der Waals surface area contributed by atoms with Crippen LogP contribution in [-0.2, 0) is 11.2 Å². The number of aryl methyl sites for hydroxylation is 2. The molecule has 1 N–H and O–H groups in total. The average molecular weight is 316 g/mol. The summed E-state index contributed by atoms with van der Waals surface area (Å²) in [7, 11) is 0. The van der Waals surface area contributed by atoms with E-state index in [9.17, 15) is 9.90 Å². The highest BCUT2D eigenvalue weighted by molar-refractivity contribution is 5.79. The van der Waals surface area contributed by atoms with E-state index in [1.807, 2.05) is 4.90 Å². The fourth-order valence-corrected chi connectivity index (χ4v) is 3.92. The summed E-state index contributed by atoms with van der Waals surface area (Å²) in [5, 5.41) is 10.0. The van der Waals surface area contributed by atoms with Gasteiger partial charge in [0.15, 0.2) is 0 Å². The number of hydrogen-bond donors (Lipinski definition) is 1. The zero-order chi connectivity index (χ0) is 16.4. The van der Waals surface area contributed by atoms with Gasteiger partial charge in [0.05, 0.1) is 12.5 Å². The van der Waals surface area contributed by atoms with Gasteiger partial charge in [-0.1, -0.05) is 23.8 Å². The van der Waals surface area contributed by atoms with Crippen LogP contribution in [0.2, 0.25) is 0 Å². The molecular weight excluding hydrogens is 288 g/mol. The quantitative estimate of drug-likeness (QED) is 0.926. The SMILES string of the molecule is Cc1ccc(C)c(CC(=O)N2CCN([C@H]3CCC[C@@H]3O)CC2)c1. The van der Waals surface area contributed by atoms with Gasteiger partial charge in [-0.2, -0.15) is 0 Å². The van der Waals surface area contributed by atoms with Crippen molar-refractivity contribution in [2.75, 3.05) is 26.2 Å². The summed E-state index contributed by atoms with van der Waals surface area (Å²) < 4.78 is 0. The Balaban J connectivity index is 1.55. The van der Waals surface area contributed by atoms with Crippen LogP contribution in [0.25, 0.3) is 0 Å². The van der Waals surface area contributed by atoms with Gasteiger partial charge < -0.3 is 10.0 Å². The number of carbonyl (C=O) groups excluding carboxylic acids is 1. The van der Waals surface area contributed by atoms with Crippen LogP contribution in [-0.4, -0.2) is 59.1 Å². The van der Waals surface area contributed by atoms with Crippen molar-refractivity contribution in [2.24, 2.45) is 0 Å². The number of benzene rings is 1. The van der Waals surface area contributed by atoms with Gasteiger partial charge >= 0.3 is 0 Å². The Bertz CT molecular complexity index is 564. The third-order valence-corrected chi connectivity index (χ3v) is 5.43. The first-order chi connectivity index (χ1) is 11.0. The Hall–Kier alpha value is -1.39. The molecule has 0 radical (unpaired) electrons. The van der Waals surface area contributed by atoms with Crippen LogP contribution in [0.15, 0.2) is 18.2 Å². The molecule has 1 aliphatic heterocycles. The van der Waals surface area contributed by atoms with Crippen LogP contribution in [0.4, 0.5) is 0 Å². The standard InChI is InChI=1S/C19H28N2O2/c1-14-6-7-15(2)16(12-14)13-19(23)21-10-8-20(9-11-21)17-4-3-5-18(17)22/h6-7,12,17-18,22H,3-5,8-11,13H2,1-2H3/t17-,18-/m0/s1. The number of piperazine rings is 1. The van der Waals surface area contributed by atoms with Crippen molar-refractivity contribution in [3.05, 3.63) is 34.9 Å². The molecular formula is C19H28N2O2. The lowest BCUT2D eigenvalue weighted by Gasteiger charge is -2.39. The Labute approximate surface area is 139 Å². The molecule has 126 valence electrons. The molecule has 1 aliphatic carbocycles. The summed E-state index contributed by atoms with van der Waals surface area (Å²) in [5.74, 6) is 0.227. The first kappa shape index (κ1) is 16.5. The molecule has 2 atom stereocenters. The average Bonchev–Trinajstić information content (AvgIpc) is 2.97. The molecule has 2 fully saturated rings. The largest absolute Gasteiger partial charge is 0.391 e. The normalized spacial score (nSPS) is 25.8. The topological polar surface area (TPSA) is 43.8 Å². The van der Waals surface area contributed by atoms with Crippen molar-refractivity contribution < 1.29 is 9.90 Å². The number of hydrogen-bond acceptors (Lipinski definition) is 3. The minimum absolute atomic E-state index is 0.174. The minimum atomic E-state index is -0.174. The fourth-order valence-electron chi connectivity index (χ4n) is 3.92. The molecule has 3 rings (SSSR count). The lowest BCUT2D eigenvalue weighted by Crippen LogP contribution is -2.53. The highest BCUT2D eigenvalue weighted by Crippen LogP contribution is 2.25. The van der Waals surface area contributed by atoms with E-state index in [0.717, 1.165) is 51.0 Å². The predicted octanol–water partition coefficient (Wildman–Crippen LogP) is 1.90. The van der Waals surface area contributed by atoms with E-state index in [4.69, 9.17) is 0 Å². The lowest BCUT2D eigenvalue weighted by atomic mass is 10.0. The summed E-state index contributed by atoms with van der Waals surface area (Å²) in [5.41, 5.74) is 3.54. The van der Waals surface area contributed by atoms with Gasteiger partial charge in [0.2, 0.25) is 5.91 Å². The molecule has 1 amide bonds. The van der Waals surface area contributed by atoms with Gasteiger partial charge in [-0.05, 0) is 44.2 Å². The van der Waals surface area contributed by atoms with Crippen molar-refractivity contribution in [3.8, 4) is 0 Å². The Morgan fingerprint density at radius 1 is 1.17 bits per heavy atom. The van der Waals surface area contributed by atoms with Crippen molar-refractivity contribution in [2.45, 2.75) is 51.7 Å². The summed E-state index contributed by atoms with van der Waals surface area (Å²) in [6.07, 6.45) is 3.47. The first-order valence-corrected chi connectivity index (χ1v) is 8.80. The van der Waals surface area contributed by atoms with Gasteiger partial charge in [0.25, 0.3) is 0 Å². The number of nitrogens with zero attached hydrogens (tertiary/aromatic N) is 2. The van der Waals surface area contributed by atoms with Gasteiger partial charge in [-0.25, -0.2) is 0 Å². The molecule has 4 heteroatoms. The maximum atomic E-state index is 12.6. The van der Waals surface area contributed by atoms with E-state index >= 15 is 0 Å². The summed E-state index contributed by atoms with van der Waals surface area (Å²) in [4.78, 5) is 16.9. The molecule has 1 saturated carbocycles. The molecule has 1 saturated heterocycles. The summed E-state index contributed by atoms with van der Waals surface area (Å²) >= 11 is 0. The molecule has 1 heterocycles. The predicted molar refractivity (Wildman–Crippen MR) is 91.4 cm³/mol. The lowest BCUT2D eigenvalue weighted by molar-refractivity contribution is -0.132. The van der Waals surface area contributed by atoms with E-state index in [0.29, 0.717) is 12.5 Å². The Kier molecular flexibility index (Phi) is 5.02. The Morgan fingerprint density at radius 2 is 1.91 bits per heavy atom. The number of aliphatic hydroxyl groups is 1. The van der Waals surface area contributed by atoms with Crippen LogP contribution < -0.4 is 0 Å². The zero-order valence-corrected chi connectivity index (χ0v) is 14.3. The zero-order valence-electron chi connectivity index (χ0n) is 14.3. The number of carbonyl (C=O) groups is 1. The van der Waals surface area contributed by atoms with E-state index < -0.39 is 0 Å². The molecule has 2 aliphatic rings. The van der Waals surface area contributed by atoms with E-state index in [-0.39, 0.29) is 12.0 Å². The minimum Gasteiger partial charge on any atom is -0.391 e. The molecule has 0 spiro atoms. The monoisotopic (exact) mass is 316 g/mol. The van der Waals surface area contributed by atoms with Crippen molar-refractivity contribution >= 4 is 5.91 Å². The third-order valence-electron chi connectivity index (χ3n) is 5.43. The molecule has 1 aromatic carbocycles. The number of amides is 1. The molecule has 4 nitrogen and oxygen atoms in total. The highest BCUT2D eigenvalue weighted by Gasteiger charge is 2.33. The van der Waals surface area contributed by atoms with Gasteiger partial charge in [0.1, 0.15) is 0 Å². The molecule has 0 unspecified atom stereocenters. The van der Waals surface area contributed by atoms with E-state index in [2.05, 4.69) is 36.9 Å². The Morgan fingerprint density at radius 3 is 2.57 bits per heavy atom. The van der Waals surface area contributed by atoms with Crippen molar-refractivity contribution in [1.82, 2.24) is 9.80 Å². The number of aliphatic hydroxyl groups excluding tert-OH is 1. The highest BCUT2D eigenvalue weighted by atomic mass is 16.3. The van der Waals surface area contributed by atoms with E-state index in [1.54, 1.807) is 0 Å². The summed E-state index contributed by atoms with van der Waals surface area (Å²) in [6, 6.07) is 6.62. The van der Waals surface area contributed by atoms with Gasteiger partial charge in [-0.3, -0.25) is 9.69 Å². The summed E-state index contributed by atoms with van der Waals surface area (Å²) in [6.45, 7) is 7.49. The second kappa shape index (κ2) is 7.02. The fraction of sp³-hybridized carbons (Fsp3) is 0.632. The van der Waals surface area contributed by atoms with Crippen LogP contribution in [0, 0.1) is 13.8 Å². The number of rotatable bonds is 3. The second-order valence-corrected chi connectivity index (χ2v) is 7.09. The van der Waals surface area contributed by atoms with Crippen LogP contribution in [0.1, 0.15) is 36.0 Å². The van der Waals surface area contributed by atoms with E-state index in [1.165, 1.54) is 11.1 Å². The first-order valence-electron chi connectivity index (χ1n) is 8.80. The van der Waals surface area contributed by atoms with Crippen molar-refractivity contribution in [1.29, 1.82) is 0 Å². The van der Waals surface area contributed by atoms with Crippen LogP contribution >= 0.6 is 0 Å². The maximum absolute atomic E-state index is 12.6. The van der Waals surface area contributed by atoms with Crippen LogP contribution in [0.5, 0.6) is 0 Å². The van der Waals surface area contributed by atoms with Crippen molar-refractivity contribution in [3.63, 3.8) is 0 Å². The molecule has 0 bridgehead atoms. The van der Waals surface area contributed by atoms with Crippen LogP contribution in [0.3, 0.4) is 0 Å². The maximum Gasteiger partial charge on any atom is 0.227 e. The smallest absolute Gasteiger partial charge is 0.227 e. The second-order valence-electron chi connectivity index (χ2n) is 7.09. The molecule has 23 heavy (non-hydrogen) atoms. The van der Waals surface area contributed by atoms with Gasteiger partial charge in [-0.15, -0.1) is 0 Å².